The zero-order chi connectivity index (χ0) is 15.0. The molecule has 1 heterocycles. The van der Waals surface area contributed by atoms with Crippen molar-refractivity contribution in [2.75, 3.05) is 0 Å². The maximum Gasteiger partial charge on any atom is 0.182 e. The Morgan fingerprint density at radius 1 is 1.14 bits per heavy atom. The topological polar surface area (TPSA) is 68.3 Å². The van der Waals surface area contributed by atoms with Gasteiger partial charge in [0.2, 0.25) is 0 Å². The monoisotopic (exact) mass is 354 g/mol. The van der Waals surface area contributed by atoms with E-state index in [-0.39, 0.29) is 0 Å². The Bertz CT molecular complexity index is 1000. The second kappa shape index (κ2) is 5.17. The van der Waals surface area contributed by atoms with Gasteiger partial charge in [0, 0.05) is 4.47 Å². The minimum atomic E-state index is 0.498. The molecule has 1 aromatic heterocycles. The van der Waals surface area contributed by atoms with Crippen LogP contribution in [0.1, 0.15) is 11.1 Å². The minimum Gasteiger partial charge on any atom is -0.329 e. The predicted molar refractivity (Wildman–Crippen MR) is 85.6 cm³/mol. The van der Waals surface area contributed by atoms with E-state index in [0.717, 1.165) is 15.7 Å². The van der Waals surface area contributed by atoms with Crippen LogP contribution in [0, 0.1) is 27.4 Å². The first kappa shape index (κ1) is 13.6. The number of rotatable bonds is 1. The SMILES string of the molecule is N#Cc1ccc(-n2c(=S)[nH]c3c(C#N)cccc32)c(Br)c1. The molecule has 0 atom stereocenters. The number of H-pyrrole nitrogens is 1. The molecular formula is C15H7BrN4S. The zero-order valence-corrected chi connectivity index (χ0v) is 13.0. The van der Waals surface area contributed by atoms with Crippen LogP contribution in [0.15, 0.2) is 40.9 Å². The summed E-state index contributed by atoms with van der Waals surface area (Å²) in [6, 6.07) is 15.0. The molecular weight excluding hydrogens is 348 g/mol. The molecule has 0 bridgehead atoms. The average Bonchev–Trinajstić information content (AvgIpc) is 2.83. The van der Waals surface area contributed by atoms with Gasteiger partial charge in [0.05, 0.1) is 33.9 Å². The highest BCUT2D eigenvalue weighted by Crippen LogP contribution is 2.27. The van der Waals surface area contributed by atoms with Crippen LogP contribution < -0.4 is 0 Å². The first-order valence-electron chi connectivity index (χ1n) is 5.99. The van der Waals surface area contributed by atoms with E-state index in [9.17, 15) is 5.26 Å². The maximum absolute atomic E-state index is 9.17. The molecule has 100 valence electrons. The number of benzene rings is 2. The van der Waals surface area contributed by atoms with Crippen LogP contribution in [-0.4, -0.2) is 9.55 Å². The van der Waals surface area contributed by atoms with Crippen LogP contribution in [0.25, 0.3) is 16.7 Å². The number of nitriles is 2. The van der Waals surface area contributed by atoms with Gasteiger partial charge in [-0.2, -0.15) is 10.5 Å². The summed E-state index contributed by atoms with van der Waals surface area (Å²) in [6.45, 7) is 0. The van der Waals surface area contributed by atoms with E-state index in [0.29, 0.717) is 21.4 Å². The third-order valence-corrected chi connectivity index (χ3v) is 4.08. The molecule has 0 aliphatic heterocycles. The number of nitrogens with zero attached hydrogens (tertiary/aromatic N) is 3. The van der Waals surface area contributed by atoms with Crippen LogP contribution in [0.2, 0.25) is 0 Å². The van der Waals surface area contributed by atoms with Crippen molar-refractivity contribution in [3.05, 3.63) is 56.8 Å². The fourth-order valence-electron chi connectivity index (χ4n) is 2.22. The van der Waals surface area contributed by atoms with Gasteiger partial charge in [0.25, 0.3) is 0 Å². The van der Waals surface area contributed by atoms with Crippen LogP contribution in [-0.2, 0) is 0 Å². The number of aromatic nitrogens is 2. The van der Waals surface area contributed by atoms with Crippen molar-refractivity contribution in [1.82, 2.24) is 9.55 Å². The Balaban J connectivity index is 2.37. The molecule has 6 heteroatoms. The number of halogens is 1. The molecule has 0 aliphatic rings. The fourth-order valence-corrected chi connectivity index (χ4v) is 3.08. The lowest BCUT2D eigenvalue weighted by Crippen LogP contribution is -1.95. The average molecular weight is 355 g/mol. The number of hydrogen-bond donors (Lipinski definition) is 1. The van der Waals surface area contributed by atoms with Crippen LogP contribution in [0.5, 0.6) is 0 Å². The number of aromatic amines is 1. The third-order valence-electron chi connectivity index (χ3n) is 3.16. The van der Waals surface area contributed by atoms with E-state index in [2.05, 4.69) is 33.1 Å². The number of fused-ring (bicyclic) bond motifs is 1. The Morgan fingerprint density at radius 2 is 1.95 bits per heavy atom. The maximum atomic E-state index is 9.17. The van der Waals surface area contributed by atoms with Crippen LogP contribution in [0.3, 0.4) is 0 Å². The van der Waals surface area contributed by atoms with Gasteiger partial charge in [0.15, 0.2) is 4.77 Å². The lowest BCUT2D eigenvalue weighted by molar-refractivity contribution is 1.06. The van der Waals surface area contributed by atoms with Gasteiger partial charge in [-0.3, -0.25) is 4.57 Å². The molecule has 0 amide bonds. The molecule has 0 aliphatic carbocycles. The molecule has 0 radical (unpaired) electrons. The van der Waals surface area contributed by atoms with E-state index in [1.54, 1.807) is 18.2 Å². The Morgan fingerprint density at radius 3 is 2.62 bits per heavy atom. The highest BCUT2D eigenvalue weighted by atomic mass is 79.9. The standard InChI is InChI=1S/C15H7BrN4S/c16-11-6-9(7-17)4-5-12(11)20-13-3-1-2-10(8-18)14(13)19-15(20)21/h1-6H,(H,19,21). The van der Waals surface area contributed by atoms with Crippen molar-refractivity contribution in [2.45, 2.75) is 0 Å². The van der Waals surface area contributed by atoms with Gasteiger partial charge in [-0.15, -0.1) is 0 Å². The van der Waals surface area contributed by atoms with E-state index in [4.69, 9.17) is 17.5 Å². The van der Waals surface area contributed by atoms with Crippen molar-refractivity contribution in [1.29, 1.82) is 10.5 Å². The van der Waals surface area contributed by atoms with Crippen molar-refractivity contribution in [3.8, 4) is 17.8 Å². The van der Waals surface area contributed by atoms with Crippen molar-refractivity contribution in [2.24, 2.45) is 0 Å². The summed E-state index contributed by atoms with van der Waals surface area (Å²) in [7, 11) is 0. The largest absolute Gasteiger partial charge is 0.329 e. The summed E-state index contributed by atoms with van der Waals surface area (Å²) in [4.78, 5) is 3.07. The van der Waals surface area contributed by atoms with Crippen molar-refractivity contribution < 1.29 is 0 Å². The first-order chi connectivity index (χ1) is 10.2. The molecule has 1 N–H and O–H groups in total. The number of hydrogen-bond acceptors (Lipinski definition) is 3. The third kappa shape index (κ3) is 2.15. The summed E-state index contributed by atoms with van der Waals surface area (Å²) >= 11 is 8.84. The zero-order valence-electron chi connectivity index (χ0n) is 10.6. The molecule has 2 aromatic carbocycles. The Labute approximate surface area is 134 Å². The predicted octanol–water partition coefficient (Wildman–Crippen LogP) is 4.19. The molecule has 0 spiro atoms. The summed E-state index contributed by atoms with van der Waals surface area (Å²) in [5.41, 5.74) is 3.46. The number of imidazole rings is 1. The lowest BCUT2D eigenvalue weighted by Gasteiger charge is -2.07. The highest BCUT2D eigenvalue weighted by molar-refractivity contribution is 9.10. The molecule has 0 saturated carbocycles. The number of nitrogens with one attached hydrogen (secondary N) is 1. The van der Waals surface area contributed by atoms with Crippen LogP contribution in [0.4, 0.5) is 0 Å². The summed E-state index contributed by atoms with van der Waals surface area (Å²) in [6.07, 6.45) is 0. The molecule has 0 fully saturated rings. The second-order valence-electron chi connectivity index (χ2n) is 4.36. The van der Waals surface area contributed by atoms with E-state index in [1.165, 1.54) is 0 Å². The molecule has 0 saturated heterocycles. The quantitative estimate of drug-likeness (QED) is 0.666. The second-order valence-corrected chi connectivity index (χ2v) is 5.60. The fraction of sp³-hybridized carbons (Fsp3) is 0. The van der Waals surface area contributed by atoms with Crippen molar-refractivity contribution >= 4 is 39.2 Å². The number of para-hydroxylation sites is 1. The molecule has 4 nitrogen and oxygen atoms in total. The molecule has 3 rings (SSSR count). The minimum absolute atomic E-state index is 0.498. The summed E-state index contributed by atoms with van der Waals surface area (Å²) < 4.78 is 3.11. The van der Waals surface area contributed by atoms with E-state index >= 15 is 0 Å². The normalized spacial score (nSPS) is 10.2. The molecule has 3 aromatic rings. The van der Waals surface area contributed by atoms with E-state index < -0.39 is 0 Å². The smallest absolute Gasteiger partial charge is 0.182 e. The van der Waals surface area contributed by atoms with Gasteiger partial charge >= 0.3 is 0 Å². The van der Waals surface area contributed by atoms with Gasteiger partial charge < -0.3 is 4.98 Å². The summed E-state index contributed by atoms with van der Waals surface area (Å²) in [5.74, 6) is 0. The van der Waals surface area contributed by atoms with Gasteiger partial charge in [-0.1, -0.05) is 6.07 Å². The molecule has 21 heavy (non-hydrogen) atoms. The highest BCUT2D eigenvalue weighted by Gasteiger charge is 2.12. The Kier molecular flexibility index (Phi) is 3.34. The van der Waals surface area contributed by atoms with E-state index in [1.807, 2.05) is 22.8 Å². The molecule has 0 unspecified atom stereocenters. The van der Waals surface area contributed by atoms with Gasteiger partial charge in [-0.25, -0.2) is 0 Å². The Hall–Kier alpha value is -2.41. The van der Waals surface area contributed by atoms with Gasteiger partial charge in [-0.05, 0) is 58.5 Å². The van der Waals surface area contributed by atoms with Crippen molar-refractivity contribution in [3.63, 3.8) is 0 Å². The first-order valence-corrected chi connectivity index (χ1v) is 7.19. The summed E-state index contributed by atoms with van der Waals surface area (Å²) in [5, 5.41) is 18.1. The lowest BCUT2D eigenvalue weighted by atomic mass is 10.2. The van der Waals surface area contributed by atoms with Crippen LogP contribution >= 0.6 is 28.1 Å². The van der Waals surface area contributed by atoms with Gasteiger partial charge in [0.1, 0.15) is 6.07 Å².